The molecular formula is C11H11BrF3NO4. The molecule has 5 nitrogen and oxygen atoms in total. The number of alkyl halides is 4. The molecule has 0 fully saturated rings. The molecule has 0 aliphatic carbocycles. The van der Waals surface area contributed by atoms with Gasteiger partial charge in [0.1, 0.15) is 5.56 Å². The van der Waals surface area contributed by atoms with Crippen LogP contribution in [-0.4, -0.2) is 31.0 Å². The van der Waals surface area contributed by atoms with Crippen molar-refractivity contribution >= 4 is 21.9 Å². The Balaban J connectivity index is 3.38. The van der Waals surface area contributed by atoms with E-state index in [1.54, 1.807) is 0 Å². The fraction of sp³-hybridized carbons (Fsp3) is 0.455. The van der Waals surface area contributed by atoms with Gasteiger partial charge in [-0.15, -0.1) is 13.2 Å². The second-order valence-electron chi connectivity index (χ2n) is 3.39. The first kappa shape index (κ1) is 16.5. The van der Waals surface area contributed by atoms with Gasteiger partial charge < -0.3 is 14.2 Å². The maximum atomic E-state index is 12.4. The Kier molecular flexibility index (Phi) is 5.61. The largest absolute Gasteiger partial charge is 0.573 e. The Hall–Kier alpha value is -1.51. The molecule has 0 radical (unpaired) electrons. The van der Waals surface area contributed by atoms with Crippen molar-refractivity contribution in [1.29, 1.82) is 0 Å². The first-order valence-corrected chi connectivity index (χ1v) is 6.51. The van der Waals surface area contributed by atoms with E-state index in [0.717, 1.165) is 6.07 Å². The van der Waals surface area contributed by atoms with Gasteiger partial charge in [0.15, 0.2) is 5.75 Å². The number of nitrogens with zero attached hydrogens (tertiary/aromatic N) is 1. The summed E-state index contributed by atoms with van der Waals surface area (Å²) in [5, 5.41) is 0.0343. The predicted octanol–water partition coefficient (Wildman–Crippen LogP) is 3.06. The molecule has 0 saturated heterocycles. The van der Waals surface area contributed by atoms with E-state index in [4.69, 9.17) is 9.47 Å². The maximum absolute atomic E-state index is 12.4. The zero-order chi connectivity index (χ0) is 15.3. The second-order valence-corrected chi connectivity index (χ2v) is 3.95. The van der Waals surface area contributed by atoms with E-state index >= 15 is 0 Å². The minimum absolute atomic E-state index is 0.0120. The molecule has 0 spiro atoms. The Morgan fingerprint density at radius 2 is 2.10 bits per heavy atom. The van der Waals surface area contributed by atoms with Gasteiger partial charge in [-0.05, 0) is 6.92 Å². The monoisotopic (exact) mass is 357 g/mol. The molecule has 9 heteroatoms. The first-order chi connectivity index (χ1) is 9.32. The van der Waals surface area contributed by atoms with Crippen LogP contribution in [0.25, 0.3) is 0 Å². The van der Waals surface area contributed by atoms with E-state index in [0.29, 0.717) is 0 Å². The summed E-state index contributed by atoms with van der Waals surface area (Å²) in [6.07, 6.45) is -4.95. The molecule has 0 atom stereocenters. The molecule has 0 unspecified atom stereocenters. The van der Waals surface area contributed by atoms with Gasteiger partial charge in [0, 0.05) is 11.4 Å². The van der Waals surface area contributed by atoms with Gasteiger partial charge in [-0.1, -0.05) is 15.9 Å². The fourth-order valence-electron chi connectivity index (χ4n) is 1.38. The lowest BCUT2D eigenvalue weighted by Crippen LogP contribution is -2.21. The van der Waals surface area contributed by atoms with Gasteiger partial charge in [0.05, 0.1) is 19.4 Å². The number of rotatable bonds is 5. The topological polar surface area (TPSA) is 57.7 Å². The average Bonchev–Trinajstić information content (AvgIpc) is 2.35. The third kappa shape index (κ3) is 4.26. The minimum atomic E-state index is -4.95. The average molecular weight is 358 g/mol. The molecule has 0 aliphatic rings. The van der Waals surface area contributed by atoms with Gasteiger partial charge in [0.25, 0.3) is 0 Å². The van der Waals surface area contributed by atoms with Crippen LogP contribution in [0.4, 0.5) is 13.2 Å². The highest BCUT2D eigenvalue weighted by molar-refractivity contribution is 9.08. The molecule has 112 valence electrons. The van der Waals surface area contributed by atoms with Crippen LogP contribution >= 0.6 is 15.9 Å². The Morgan fingerprint density at radius 1 is 1.45 bits per heavy atom. The SMILES string of the molecule is CCOC(=O)c1c(OC(F)(F)F)cc(OC)nc1CBr. The van der Waals surface area contributed by atoms with Crippen molar-refractivity contribution in [3.05, 3.63) is 17.3 Å². The van der Waals surface area contributed by atoms with E-state index in [1.807, 2.05) is 0 Å². The smallest absolute Gasteiger partial charge is 0.481 e. The zero-order valence-corrected chi connectivity index (χ0v) is 12.2. The lowest BCUT2D eigenvalue weighted by molar-refractivity contribution is -0.274. The molecule has 1 aromatic rings. The number of methoxy groups -OCH3 is 1. The van der Waals surface area contributed by atoms with Crippen molar-refractivity contribution in [2.45, 2.75) is 18.6 Å². The van der Waals surface area contributed by atoms with Crippen molar-refractivity contribution in [3.8, 4) is 11.6 Å². The van der Waals surface area contributed by atoms with Crippen molar-refractivity contribution in [3.63, 3.8) is 0 Å². The van der Waals surface area contributed by atoms with Crippen LogP contribution in [0.5, 0.6) is 11.6 Å². The summed E-state index contributed by atoms with van der Waals surface area (Å²) in [5.74, 6) is -1.76. The van der Waals surface area contributed by atoms with E-state index in [2.05, 4.69) is 25.7 Å². The van der Waals surface area contributed by atoms with Crippen LogP contribution in [0.2, 0.25) is 0 Å². The molecule has 0 N–H and O–H groups in total. The van der Waals surface area contributed by atoms with Gasteiger partial charge >= 0.3 is 12.3 Å². The number of halogens is 4. The van der Waals surface area contributed by atoms with Crippen LogP contribution in [0.3, 0.4) is 0 Å². The molecule has 1 heterocycles. The Bertz CT molecular complexity index is 493. The first-order valence-electron chi connectivity index (χ1n) is 5.39. The maximum Gasteiger partial charge on any atom is 0.573 e. The highest BCUT2D eigenvalue weighted by Gasteiger charge is 2.35. The third-order valence-electron chi connectivity index (χ3n) is 2.08. The highest BCUT2D eigenvalue weighted by atomic mass is 79.9. The number of hydrogen-bond acceptors (Lipinski definition) is 5. The lowest BCUT2D eigenvalue weighted by atomic mass is 10.2. The van der Waals surface area contributed by atoms with Crippen molar-refractivity contribution in [2.24, 2.45) is 0 Å². The predicted molar refractivity (Wildman–Crippen MR) is 66.1 cm³/mol. The summed E-state index contributed by atoms with van der Waals surface area (Å²) < 4.78 is 50.5. The fourth-order valence-corrected chi connectivity index (χ4v) is 1.78. The van der Waals surface area contributed by atoms with E-state index < -0.39 is 18.1 Å². The van der Waals surface area contributed by atoms with Crippen LogP contribution in [0, 0.1) is 0 Å². The van der Waals surface area contributed by atoms with Crippen molar-refractivity contribution in [2.75, 3.05) is 13.7 Å². The molecule has 0 amide bonds. The number of aromatic nitrogens is 1. The van der Waals surface area contributed by atoms with Crippen LogP contribution < -0.4 is 9.47 Å². The highest BCUT2D eigenvalue weighted by Crippen LogP contribution is 2.32. The summed E-state index contributed by atoms with van der Waals surface area (Å²) in [5.41, 5.74) is -0.357. The van der Waals surface area contributed by atoms with Crippen LogP contribution in [0.1, 0.15) is 23.0 Å². The molecule has 20 heavy (non-hydrogen) atoms. The molecular weight excluding hydrogens is 347 g/mol. The summed E-state index contributed by atoms with van der Waals surface area (Å²) in [7, 11) is 1.24. The molecule has 0 saturated carbocycles. The normalized spacial score (nSPS) is 11.1. The van der Waals surface area contributed by atoms with E-state index in [1.165, 1.54) is 14.0 Å². The van der Waals surface area contributed by atoms with Crippen molar-refractivity contribution in [1.82, 2.24) is 4.98 Å². The number of esters is 1. The molecule has 0 aromatic carbocycles. The van der Waals surface area contributed by atoms with Gasteiger partial charge in [0.2, 0.25) is 5.88 Å². The standard InChI is InChI=1S/C11H11BrF3NO4/c1-3-19-10(17)9-6(5-12)16-8(18-2)4-7(9)20-11(13,14)15/h4H,3,5H2,1-2H3. The summed E-state index contributed by atoms with van der Waals surface area (Å²) in [6.45, 7) is 1.55. The number of pyridine rings is 1. The number of carbonyl (C=O) groups excluding carboxylic acids is 1. The quantitative estimate of drug-likeness (QED) is 0.598. The minimum Gasteiger partial charge on any atom is -0.481 e. The summed E-state index contributed by atoms with van der Waals surface area (Å²) >= 11 is 3.04. The summed E-state index contributed by atoms with van der Waals surface area (Å²) in [6, 6.07) is 0.881. The number of hydrogen-bond donors (Lipinski definition) is 0. The van der Waals surface area contributed by atoms with E-state index in [-0.39, 0.29) is 29.1 Å². The Morgan fingerprint density at radius 3 is 2.55 bits per heavy atom. The van der Waals surface area contributed by atoms with Crippen molar-refractivity contribution < 1.29 is 32.2 Å². The second kappa shape index (κ2) is 6.78. The third-order valence-corrected chi connectivity index (χ3v) is 2.61. The van der Waals surface area contributed by atoms with Crippen LogP contribution in [0.15, 0.2) is 6.07 Å². The molecule has 1 rings (SSSR count). The molecule has 0 aliphatic heterocycles. The van der Waals surface area contributed by atoms with Gasteiger partial charge in [-0.3, -0.25) is 0 Å². The Labute approximate surface area is 121 Å². The van der Waals surface area contributed by atoms with Gasteiger partial charge in [-0.2, -0.15) is 0 Å². The van der Waals surface area contributed by atoms with Crippen LogP contribution in [-0.2, 0) is 10.1 Å². The zero-order valence-electron chi connectivity index (χ0n) is 10.6. The molecule has 0 bridgehead atoms. The number of carbonyl (C=O) groups is 1. The molecule has 1 aromatic heterocycles. The van der Waals surface area contributed by atoms with E-state index in [9.17, 15) is 18.0 Å². The summed E-state index contributed by atoms with van der Waals surface area (Å²) in [4.78, 5) is 15.6. The van der Waals surface area contributed by atoms with Gasteiger partial charge in [-0.25, -0.2) is 9.78 Å². The lowest BCUT2D eigenvalue weighted by Gasteiger charge is -2.15. The number of ether oxygens (including phenoxy) is 3.